The molecule has 4 nitrogen and oxygen atoms in total. The Morgan fingerprint density at radius 2 is 2.26 bits per heavy atom. The molecule has 0 bridgehead atoms. The summed E-state index contributed by atoms with van der Waals surface area (Å²) in [7, 11) is 0. The number of nitrogens with two attached hydrogens (primary N) is 1. The summed E-state index contributed by atoms with van der Waals surface area (Å²) in [5.74, 6) is 1.01. The highest BCUT2D eigenvalue weighted by Gasteiger charge is 2.16. The fraction of sp³-hybridized carbons (Fsp3) is 0.533. The second kappa shape index (κ2) is 5.61. The summed E-state index contributed by atoms with van der Waals surface area (Å²) in [6.45, 7) is 5.13. The van der Waals surface area contributed by atoms with Crippen molar-refractivity contribution < 1.29 is 9.53 Å². The molecule has 0 unspecified atom stereocenters. The van der Waals surface area contributed by atoms with Crippen molar-refractivity contribution in [2.45, 2.75) is 38.6 Å². The third-order valence-corrected chi connectivity index (χ3v) is 3.11. The molecule has 2 rings (SSSR count). The molecule has 1 heterocycles. The first-order valence-corrected chi connectivity index (χ1v) is 6.74. The van der Waals surface area contributed by atoms with Crippen molar-refractivity contribution in [3.8, 4) is 5.75 Å². The molecule has 104 valence electrons. The van der Waals surface area contributed by atoms with Gasteiger partial charge in [-0.15, -0.1) is 0 Å². The summed E-state index contributed by atoms with van der Waals surface area (Å²) in [6.07, 6.45) is 2.17. The van der Waals surface area contributed by atoms with Gasteiger partial charge in [0.25, 0.3) is 0 Å². The second-order valence-corrected chi connectivity index (χ2v) is 5.81. The Hall–Kier alpha value is -1.55. The highest BCUT2D eigenvalue weighted by Crippen LogP contribution is 2.25. The van der Waals surface area contributed by atoms with Crippen LogP contribution in [0.25, 0.3) is 0 Å². The Morgan fingerprint density at radius 3 is 3.00 bits per heavy atom. The van der Waals surface area contributed by atoms with Crippen LogP contribution in [0.2, 0.25) is 0 Å². The average Bonchev–Trinajstić information content (AvgIpc) is 2.73. The predicted molar refractivity (Wildman–Crippen MR) is 75.2 cm³/mol. The van der Waals surface area contributed by atoms with Gasteiger partial charge in [-0.1, -0.05) is 12.1 Å². The molecule has 0 saturated heterocycles. The molecule has 0 aromatic heterocycles. The fourth-order valence-electron chi connectivity index (χ4n) is 2.22. The number of hydrogen-bond acceptors (Lipinski definition) is 3. The molecule has 0 atom stereocenters. The van der Waals surface area contributed by atoms with Crippen molar-refractivity contribution in [2.24, 2.45) is 5.73 Å². The molecule has 0 aliphatic carbocycles. The number of hydrogen-bond donors (Lipinski definition) is 2. The molecule has 3 N–H and O–H groups in total. The molecule has 0 fully saturated rings. The summed E-state index contributed by atoms with van der Waals surface area (Å²) >= 11 is 0. The zero-order chi connectivity index (χ0) is 13.9. The lowest BCUT2D eigenvalue weighted by atomic mass is 10.0. The standard InChI is InChI=1S/C15H22N2O2/c1-15(2,16)10-14(18)17-7-5-11-3-4-13-12(9-11)6-8-19-13/h3-4,9H,5-8,10,16H2,1-2H3,(H,17,18). The normalized spacial score (nSPS) is 13.8. The van der Waals surface area contributed by atoms with Gasteiger partial charge in [-0.05, 0) is 37.5 Å². The summed E-state index contributed by atoms with van der Waals surface area (Å²) in [6, 6.07) is 6.24. The SMILES string of the molecule is CC(C)(N)CC(=O)NCCc1ccc2c(c1)CCO2. The van der Waals surface area contributed by atoms with Crippen molar-refractivity contribution >= 4 is 5.91 Å². The van der Waals surface area contributed by atoms with Gasteiger partial charge in [0.2, 0.25) is 5.91 Å². The number of nitrogens with one attached hydrogen (secondary N) is 1. The number of fused-ring (bicyclic) bond motifs is 1. The molecular formula is C15H22N2O2. The first kappa shape index (κ1) is 13.9. The van der Waals surface area contributed by atoms with E-state index < -0.39 is 5.54 Å². The zero-order valence-electron chi connectivity index (χ0n) is 11.7. The van der Waals surface area contributed by atoms with Crippen LogP contribution in [0.1, 0.15) is 31.4 Å². The Morgan fingerprint density at radius 1 is 1.47 bits per heavy atom. The van der Waals surface area contributed by atoms with E-state index in [9.17, 15) is 4.79 Å². The summed E-state index contributed by atoms with van der Waals surface area (Å²) in [5.41, 5.74) is 7.86. The predicted octanol–water partition coefficient (Wildman–Crippen LogP) is 1.41. The van der Waals surface area contributed by atoms with Gasteiger partial charge in [0.05, 0.1) is 6.61 Å². The van der Waals surface area contributed by atoms with Gasteiger partial charge in [0, 0.05) is 24.9 Å². The van der Waals surface area contributed by atoms with E-state index in [4.69, 9.17) is 10.5 Å². The maximum Gasteiger partial charge on any atom is 0.221 e. The molecule has 0 spiro atoms. The molecule has 1 aromatic rings. The Kier molecular flexibility index (Phi) is 4.10. The van der Waals surface area contributed by atoms with E-state index >= 15 is 0 Å². The number of benzene rings is 1. The van der Waals surface area contributed by atoms with Crippen LogP contribution < -0.4 is 15.8 Å². The largest absolute Gasteiger partial charge is 0.493 e. The Balaban J connectivity index is 1.78. The maximum absolute atomic E-state index is 11.6. The minimum absolute atomic E-state index is 0.0111. The first-order chi connectivity index (χ1) is 8.94. The van der Waals surface area contributed by atoms with Gasteiger partial charge in [0.1, 0.15) is 5.75 Å². The van der Waals surface area contributed by atoms with Gasteiger partial charge in [-0.2, -0.15) is 0 Å². The van der Waals surface area contributed by atoms with E-state index in [1.807, 2.05) is 19.9 Å². The molecule has 0 saturated carbocycles. The van der Waals surface area contributed by atoms with Crippen LogP contribution >= 0.6 is 0 Å². The van der Waals surface area contributed by atoms with E-state index in [1.54, 1.807) is 0 Å². The van der Waals surface area contributed by atoms with Gasteiger partial charge >= 0.3 is 0 Å². The highest BCUT2D eigenvalue weighted by molar-refractivity contribution is 5.77. The smallest absolute Gasteiger partial charge is 0.221 e. The summed E-state index contributed by atoms with van der Waals surface area (Å²) in [4.78, 5) is 11.6. The summed E-state index contributed by atoms with van der Waals surface area (Å²) in [5, 5.41) is 2.91. The molecule has 0 radical (unpaired) electrons. The fourth-order valence-corrected chi connectivity index (χ4v) is 2.22. The van der Waals surface area contributed by atoms with E-state index in [0.29, 0.717) is 13.0 Å². The lowest BCUT2D eigenvalue weighted by Gasteiger charge is -2.17. The van der Waals surface area contributed by atoms with Crippen molar-refractivity contribution in [1.29, 1.82) is 0 Å². The van der Waals surface area contributed by atoms with Gasteiger partial charge < -0.3 is 15.8 Å². The Bertz CT molecular complexity index is 464. The van der Waals surface area contributed by atoms with Crippen molar-refractivity contribution in [3.05, 3.63) is 29.3 Å². The molecule has 1 aliphatic rings. The van der Waals surface area contributed by atoms with Crippen LogP contribution in [0.3, 0.4) is 0 Å². The van der Waals surface area contributed by atoms with Crippen LogP contribution in [-0.2, 0) is 17.6 Å². The zero-order valence-corrected chi connectivity index (χ0v) is 11.7. The van der Waals surface area contributed by atoms with E-state index in [-0.39, 0.29) is 5.91 Å². The lowest BCUT2D eigenvalue weighted by Crippen LogP contribution is -2.39. The quantitative estimate of drug-likeness (QED) is 0.843. The Labute approximate surface area is 114 Å². The van der Waals surface area contributed by atoms with E-state index in [2.05, 4.69) is 17.4 Å². The van der Waals surface area contributed by atoms with Gasteiger partial charge in [-0.25, -0.2) is 0 Å². The minimum atomic E-state index is -0.449. The second-order valence-electron chi connectivity index (χ2n) is 5.81. The van der Waals surface area contributed by atoms with Crippen molar-refractivity contribution in [3.63, 3.8) is 0 Å². The third-order valence-electron chi connectivity index (χ3n) is 3.11. The van der Waals surface area contributed by atoms with Crippen molar-refractivity contribution in [2.75, 3.05) is 13.2 Å². The maximum atomic E-state index is 11.6. The highest BCUT2D eigenvalue weighted by atomic mass is 16.5. The van der Waals surface area contributed by atoms with E-state index in [1.165, 1.54) is 11.1 Å². The molecule has 4 heteroatoms. The molecular weight excluding hydrogens is 240 g/mol. The number of carbonyl (C=O) groups excluding carboxylic acids is 1. The van der Waals surface area contributed by atoms with Crippen LogP contribution in [0.4, 0.5) is 0 Å². The van der Waals surface area contributed by atoms with Crippen LogP contribution in [0.5, 0.6) is 5.75 Å². The average molecular weight is 262 g/mol. The molecule has 1 aliphatic heterocycles. The molecule has 1 amide bonds. The van der Waals surface area contributed by atoms with Crippen LogP contribution in [0.15, 0.2) is 18.2 Å². The van der Waals surface area contributed by atoms with Gasteiger partial charge in [-0.3, -0.25) is 4.79 Å². The number of carbonyl (C=O) groups is 1. The van der Waals surface area contributed by atoms with Gasteiger partial charge in [0.15, 0.2) is 0 Å². The molecule has 19 heavy (non-hydrogen) atoms. The number of rotatable bonds is 5. The van der Waals surface area contributed by atoms with Crippen molar-refractivity contribution in [1.82, 2.24) is 5.32 Å². The lowest BCUT2D eigenvalue weighted by molar-refractivity contribution is -0.121. The molecule has 1 aromatic carbocycles. The minimum Gasteiger partial charge on any atom is -0.493 e. The monoisotopic (exact) mass is 262 g/mol. The van der Waals surface area contributed by atoms with Crippen LogP contribution in [-0.4, -0.2) is 24.6 Å². The number of ether oxygens (including phenoxy) is 1. The van der Waals surface area contributed by atoms with Crippen LogP contribution in [0, 0.1) is 0 Å². The number of amides is 1. The topological polar surface area (TPSA) is 64.4 Å². The van der Waals surface area contributed by atoms with E-state index in [0.717, 1.165) is 25.2 Å². The third kappa shape index (κ3) is 4.24. The summed E-state index contributed by atoms with van der Waals surface area (Å²) < 4.78 is 5.47. The first-order valence-electron chi connectivity index (χ1n) is 6.74.